The summed E-state index contributed by atoms with van der Waals surface area (Å²) in [5.74, 6) is -0.840. The molecule has 0 fully saturated rings. The molecule has 1 aliphatic heterocycles. The van der Waals surface area contributed by atoms with Crippen molar-refractivity contribution in [3.63, 3.8) is 0 Å². The normalized spacial score (nSPS) is 14.4. The third-order valence-electron chi connectivity index (χ3n) is 6.48. The van der Waals surface area contributed by atoms with Crippen LogP contribution >= 0.6 is 11.6 Å². The molecule has 2 amide bonds. The molecule has 1 N–H and O–H groups in total. The van der Waals surface area contributed by atoms with Gasteiger partial charge in [-0.05, 0) is 93.9 Å². The average Bonchev–Trinajstić information content (AvgIpc) is 3.03. The summed E-state index contributed by atoms with van der Waals surface area (Å²) in [6, 6.07) is 16.8. The van der Waals surface area contributed by atoms with Gasteiger partial charge in [0.1, 0.15) is 5.82 Å². The van der Waals surface area contributed by atoms with Crippen molar-refractivity contribution in [2.75, 3.05) is 37.4 Å². The van der Waals surface area contributed by atoms with Crippen LogP contribution in [0.4, 0.5) is 15.8 Å². The van der Waals surface area contributed by atoms with Crippen molar-refractivity contribution in [2.24, 2.45) is 0 Å². The zero-order chi connectivity index (χ0) is 26.5. The first kappa shape index (κ1) is 26.6. The molecule has 37 heavy (non-hydrogen) atoms. The molecule has 7 heteroatoms. The molecule has 0 aliphatic carbocycles. The van der Waals surface area contributed by atoms with Crippen molar-refractivity contribution in [3.05, 3.63) is 99.8 Å². The van der Waals surface area contributed by atoms with E-state index in [1.54, 1.807) is 35.2 Å². The number of anilines is 2. The zero-order valence-electron chi connectivity index (χ0n) is 21.4. The van der Waals surface area contributed by atoms with Crippen molar-refractivity contribution >= 4 is 40.4 Å². The standard InChI is InChI=1S/C30H31ClFN3O2/c1-20-8-4-5-11-24(20)29(36)33-23-13-14-25(27(31)19-23)30(37)35-17-7-10-21(9-6-16-34(2)3)26-18-22(32)12-15-28(26)35/h4-5,8-9,11-15,18-19H,6-7,10,16-17H2,1-3H3,(H,33,36). The molecule has 3 aromatic rings. The first-order valence-corrected chi connectivity index (χ1v) is 12.7. The zero-order valence-corrected chi connectivity index (χ0v) is 22.1. The quantitative estimate of drug-likeness (QED) is 0.389. The maximum Gasteiger partial charge on any atom is 0.259 e. The number of rotatable bonds is 6. The summed E-state index contributed by atoms with van der Waals surface area (Å²) in [7, 11) is 4.03. The minimum atomic E-state index is -0.335. The minimum Gasteiger partial charge on any atom is -0.322 e. The fourth-order valence-corrected chi connectivity index (χ4v) is 4.80. The number of allylic oxidation sites excluding steroid dienone is 1. The molecule has 0 atom stereocenters. The Hall–Kier alpha value is -3.48. The van der Waals surface area contributed by atoms with E-state index in [0.717, 1.165) is 42.5 Å². The van der Waals surface area contributed by atoms with Crippen LogP contribution in [0.2, 0.25) is 5.02 Å². The molecule has 192 valence electrons. The number of carbonyl (C=O) groups excluding carboxylic acids is 2. The van der Waals surface area contributed by atoms with E-state index in [2.05, 4.69) is 16.3 Å². The van der Waals surface area contributed by atoms with Gasteiger partial charge >= 0.3 is 0 Å². The molecule has 4 rings (SSSR count). The Balaban J connectivity index is 1.59. The first-order chi connectivity index (χ1) is 17.7. The van der Waals surface area contributed by atoms with E-state index in [4.69, 9.17) is 11.6 Å². The SMILES string of the molecule is Cc1ccccc1C(=O)Nc1ccc(C(=O)N2CCCC(=CCCN(C)C)c3cc(F)ccc32)c(Cl)c1. The van der Waals surface area contributed by atoms with Gasteiger partial charge in [0.15, 0.2) is 0 Å². The van der Waals surface area contributed by atoms with E-state index in [1.165, 1.54) is 12.1 Å². The van der Waals surface area contributed by atoms with Gasteiger partial charge in [-0.15, -0.1) is 0 Å². The number of nitrogens with one attached hydrogen (secondary N) is 1. The van der Waals surface area contributed by atoms with Gasteiger partial charge < -0.3 is 15.1 Å². The topological polar surface area (TPSA) is 52.7 Å². The van der Waals surface area contributed by atoms with E-state index >= 15 is 0 Å². The maximum atomic E-state index is 14.3. The second kappa shape index (κ2) is 11.7. The molecule has 0 radical (unpaired) electrons. The summed E-state index contributed by atoms with van der Waals surface area (Å²) in [4.78, 5) is 30.1. The van der Waals surface area contributed by atoms with Crippen molar-refractivity contribution in [1.82, 2.24) is 4.90 Å². The van der Waals surface area contributed by atoms with Crippen LogP contribution in [0.15, 0.2) is 66.7 Å². The summed E-state index contributed by atoms with van der Waals surface area (Å²) < 4.78 is 14.3. The van der Waals surface area contributed by atoms with E-state index in [9.17, 15) is 14.0 Å². The second-order valence-electron chi connectivity index (χ2n) is 9.51. The number of hydrogen-bond acceptors (Lipinski definition) is 3. The Morgan fingerprint density at radius 3 is 2.59 bits per heavy atom. The number of amides is 2. The number of fused-ring (bicyclic) bond motifs is 1. The van der Waals surface area contributed by atoms with Crippen molar-refractivity contribution in [1.29, 1.82) is 0 Å². The molecule has 5 nitrogen and oxygen atoms in total. The highest BCUT2D eigenvalue weighted by molar-refractivity contribution is 6.35. The van der Waals surface area contributed by atoms with E-state index < -0.39 is 0 Å². The molecule has 0 spiro atoms. The maximum absolute atomic E-state index is 14.3. The lowest BCUT2D eigenvalue weighted by Gasteiger charge is -2.24. The van der Waals surface area contributed by atoms with Crippen LogP contribution < -0.4 is 10.2 Å². The van der Waals surface area contributed by atoms with Crippen LogP contribution in [-0.2, 0) is 0 Å². The molecular formula is C30H31ClFN3O2. The van der Waals surface area contributed by atoms with Crippen LogP contribution in [0, 0.1) is 12.7 Å². The van der Waals surface area contributed by atoms with Gasteiger partial charge in [0.25, 0.3) is 11.8 Å². The van der Waals surface area contributed by atoms with Gasteiger partial charge in [-0.2, -0.15) is 0 Å². The second-order valence-corrected chi connectivity index (χ2v) is 9.91. The van der Waals surface area contributed by atoms with E-state index in [1.807, 2.05) is 39.2 Å². The lowest BCUT2D eigenvalue weighted by Crippen LogP contribution is -2.32. The fraction of sp³-hybridized carbons (Fsp3) is 0.267. The molecule has 0 saturated carbocycles. The largest absolute Gasteiger partial charge is 0.322 e. The summed E-state index contributed by atoms with van der Waals surface area (Å²) in [6.45, 7) is 3.25. The summed E-state index contributed by atoms with van der Waals surface area (Å²) in [5, 5.41) is 3.09. The van der Waals surface area contributed by atoms with Crippen molar-refractivity contribution in [3.8, 4) is 0 Å². The number of benzene rings is 3. The average molecular weight is 520 g/mol. The Bertz CT molecular complexity index is 1350. The number of aryl methyl sites for hydroxylation is 1. The highest BCUT2D eigenvalue weighted by Crippen LogP contribution is 2.36. The van der Waals surface area contributed by atoms with E-state index in [0.29, 0.717) is 29.0 Å². The Labute approximate surface area is 222 Å². The van der Waals surface area contributed by atoms with Crippen LogP contribution in [0.25, 0.3) is 5.57 Å². The molecule has 1 heterocycles. The third kappa shape index (κ3) is 6.27. The van der Waals surface area contributed by atoms with Gasteiger partial charge in [-0.1, -0.05) is 35.9 Å². The highest BCUT2D eigenvalue weighted by Gasteiger charge is 2.26. The molecule has 3 aromatic carbocycles. The van der Waals surface area contributed by atoms with Crippen LogP contribution in [-0.4, -0.2) is 43.9 Å². The van der Waals surface area contributed by atoms with Gasteiger partial charge in [0.2, 0.25) is 0 Å². The molecule has 0 saturated heterocycles. The predicted molar refractivity (Wildman–Crippen MR) is 149 cm³/mol. The van der Waals surface area contributed by atoms with Gasteiger partial charge in [0.05, 0.1) is 16.3 Å². The van der Waals surface area contributed by atoms with Crippen LogP contribution in [0.5, 0.6) is 0 Å². The highest BCUT2D eigenvalue weighted by atomic mass is 35.5. The third-order valence-corrected chi connectivity index (χ3v) is 6.80. The molecular weight excluding hydrogens is 489 g/mol. The number of hydrogen-bond donors (Lipinski definition) is 1. The van der Waals surface area contributed by atoms with Gasteiger partial charge in [-0.3, -0.25) is 9.59 Å². The molecule has 0 bridgehead atoms. The van der Waals surface area contributed by atoms with Crippen molar-refractivity contribution < 1.29 is 14.0 Å². The van der Waals surface area contributed by atoms with Gasteiger partial charge in [0, 0.05) is 29.9 Å². The van der Waals surface area contributed by atoms with Crippen molar-refractivity contribution in [2.45, 2.75) is 26.2 Å². The van der Waals surface area contributed by atoms with Crippen LogP contribution in [0.1, 0.15) is 51.1 Å². The smallest absolute Gasteiger partial charge is 0.259 e. The Morgan fingerprint density at radius 1 is 1.08 bits per heavy atom. The lowest BCUT2D eigenvalue weighted by atomic mass is 9.99. The van der Waals surface area contributed by atoms with Crippen LogP contribution in [0.3, 0.4) is 0 Å². The monoisotopic (exact) mass is 519 g/mol. The molecule has 0 unspecified atom stereocenters. The summed E-state index contributed by atoms with van der Waals surface area (Å²) in [6.07, 6.45) is 4.49. The molecule has 0 aromatic heterocycles. The Morgan fingerprint density at radius 2 is 1.86 bits per heavy atom. The Kier molecular flexibility index (Phi) is 8.41. The number of carbonyl (C=O) groups is 2. The lowest BCUT2D eigenvalue weighted by molar-refractivity contribution is 0.0986. The fourth-order valence-electron chi connectivity index (χ4n) is 4.54. The predicted octanol–water partition coefficient (Wildman–Crippen LogP) is 6.82. The van der Waals surface area contributed by atoms with Gasteiger partial charge in [-0.25, -0.2) is 4.39 Å². The number of halogens is 2. The summed E-state index contributed by atoms with van der Waals surface area (Å²) >= 11 is 6.55. The summed E-state index contributed by atoms with van der Waals surface area (Å²) in [5.41, 5.74) is 4.72. The number of nitrogens with zero attached hydrogens (tertiary/aromatic N) is 2. The minimum absolute atomic E-state index is 0.238. The van der Waals surface area contributed by atoms with E-state index in [-0.39, 0.29) is 22.7 Å². The molecule has 1 aliphatic rings. The first-order valence-electron chi connectivity index (χ1n) is 12.4.